The van der Waals surface area contributed by atoms with Crippen molar-refractivity contribution in [3.05, 3.63) is 51.7 Å². The fourth-order valence-corrected chi connectivity index (χ4v) is 4.87. The van der Waals surface area contributed by atoms with Crippen molar-refractivity contribution < 1.29 is 9.59 Å². The first kappa shape index (κ1) is 16.3. The molecule has 0 bridgehead atoms. The third-order valence-electron chi connectivity index (χ3n) is 5.10. The van der Waals surface area contributed by atoms with E-state index in [4.69, 9.17) is 0 Å². The Morgan fingerprint density at radius 2 is 1.88 bits per heavy atom. The Morgan fingerprint density at radius 3 is 2.64 bits per heavy atom. The van der Waals surface area contributed by atoms with Crippen LogP contribution in [0.4, 0.5) is 5.69 Å². The number of likely N-dealkylation sites (tertiary alicyclic amines) is 1. The Bertz CT molecular complexity index is 778. The molecule has 1 saturated heterocycles. The number of fused-ring (bicyclic) bond motifs is 1. The van der Waals surface area contributed by atoms with Gasteiger partial charge in [0.05, 0.1) is 4.88 Å². The van der Waals surface area contributed by atoms with Crippen LogP contribution in [0.2, 0.25) is 0 Å². The second kappa shape index (κ2) is 7.00. The van der Waals surface area contributed by atoms with E-state index >= 15 is 0 Å². The molecular weight excluding hydrogens is 332 g/mol. The van der Waals surface area contributed by atoms with Gasteiger partial charge in [0.25, 0.3) is 5.91 Å². The summed E-state index contributed by atoms with van der Waals surface area (Å²) in [6.07, 6.45) is 4.69. The number of rotatable bonds is 3. The molecule has 2 amide bonds. The zero-order chi connectivity index (χ0) is 17.2. The van der Waals surface area contributed by atoms with Crippen LogP contribution in [0.5, 0.6) is 0 Å². The van der Waals surface area contributed by atoms with E-state index in [0.29, 0.717) is 0 Å². The third kappa shape index (κ3) is 3.47. The number of carbonyl (C=O) groups excluding carboxylic acids is 2. The molecule has 4 rings (SSSR count). The molecule has 25 heavy (non-hydrogen) atoms. The second-order valence-electron chi connectivity index (χ2n) is 6.85. The predicted octanol–water partition coefficient (Wildman–Crippen LogP) is 3.73. The number of amides is 2. The fourth-order valence-electron chi connectivity index (χ4n) is 3.69. The lowest BCUT2D eigenvalue weighted by Crippen LogP contribution is -2.27. The zero-order valence-corrected chi connectivity index (χ0v) is 15.0. The maximum Gasteiger partial charge on any atom is 0.263 e. The molecule has 4 nitrogen and oxygen atoms in total. The van der Waals surface area contributed by atoms with Crippen LogP contribution in [0.15, 0.2) is 36.4 Å². The lowest BCUT2D eigenvalue weighted by molar-refractivity contribution is -0.120. The monoisotopic (exact) mass is 354 g/mol. The maximum absolute atomic E-state index is 12.6. The number of para-hydroxylation sites is 1. The van der Waals surface area contributed by atoms with Gasteiger partial charge in [0.2, 0.25) is 5.91 Å². The molecule has 1 aliphatic carbocycles. The van der Waals surface area contributed by atoms with E-state index in [1.807, 2.05) is 41.3 Å². The minimum absolute atomic E-state index is 0.0166. The van der Waals surface area contributed by atoms with Gasteiger partial charge in [0, 0.05) is 29.6 Å². The van der Waals surface area contributed by atoms with Crippen molar-refractivity contribution in [1.82, 2.24) is 4.90 Å². The van der Waals surface area contributed by atoms with Gasteiger partial charge in [-0.1, -0.05) is 18.2 Å². The van der Waals surface area contributed by atoms with Crippen molar-refractivity contribution in [1.29, 1.82) is 0 Å². The first-order valence-electron chi connectivity index (χ1n) is 8.97. The number of hydrogen-bond acceptors (Lipinski definition) is 3. The van der Waals surface area contributed by atoms with Gasteiger partial charge in [-0.05, 0) is 55.9 Å². The SMILES string of the molecule is O=C(Nc1ccccc1)[C@H]1CCc2sc(C(=O)N3CCCC3)cc2C1. The maximum atomic E-state index is 12.6. The predicted molar refractivity (Wildman–Crippen MR) is 100 cm³/mol. The molecule has 0 unspecified atom stereocenters. The molecule has 2 aromatic rings. The molecule has 0 saturated carbocycles. The molecule has 0 radical (unpaired) electrons. The highest BCUT2D eigenvalue weighted by Gasteiger charge is 2.29. The summed E-state index contributed by atoms with van der Waals surface area (Å²) >= 11 is 1.63. The Morgan fingerprint density at radius 1 is 1.12 bits per heavy atom. The molecule has 0 spiro atoms. The Balaban J connectivity index is 1.44. The zero-order valence-electron chi connectivity index (χ0n) is 14.2. The largest absolute Gasteiger partial charge is 0.338 e. The summed E-state index contributed by atoms with van der Waals surface area (Å²) in [5.74, 6) is 0.231. The molecule has 1 fully saturated rings. The van der Waals surface area contributed by atoms with Crippen molar-refractivity contribution in [2.45, 2.75) is 32.1 Å². The van der Waals surface area contributed by atoms with Gasteiger partial charge < -0.3 is 10.2 Å². The number of nitrogens with one attached hydrogen (secondary N) is 1. The van der Waals surface area contributed by atoms with Gasteiger partial charge in [0.1, 0.15) is 0 Å². The number of anilines is 1. The molecule has 2 aliphatic rings. The lowest BCUT2D eigenvalue weighted by Gasteiger charge is -2.21. The van der Waals surface area contributed by atoms with Gasteiger partial charge in [-0.25, -0.2) is 0 Å². The Kier molecular flexibility index (Phi) is 4.57. The molecule has 1 N–H and O–H groups in total. The lowest BCUT2D eigenvalue weighted by atomic mass is 9.87. The van der Waals surface area contributed by atoms with E-state index in [1.165, 1.54) is 10.4 Å². The van der Waals surface area contributed by atoms with E-state index < -0.39 is 0 Å². The van der Waals surface area contributed by atoms with E-state index in [2.05, 4.69) is 5.32 Å². The van der Waals surface area contributed by atoms with Crippen LogP contribution < -0.4 is 5.32 Å². The highest BCUT2D eigenvalue weighted by molar-refractivity contribution is 7.14. The van der Waals surface area contributed by atoms with E-state index in [1.54, 1.807) is 11.3 Å². The third-order valence-corrected chi connectivity index (χ3v) is 6.32. The fraction of sp³-hybridized carbons (Fsp3) is 0.400. The van der Waals surface area contributed by atoms with Crippen molar-refractivity contribution in [3.8, 4) is 0 Å². The smallest absolute Gasteiger partial charge is 0.263 e. The van der Waals surface area contributed by atoms with Crippen LogP contribution in [0, 0.1) is 5.92 Å². The van der Waals surface area contributed by atoms with Crippen LogP contribution in [0.3, 0.4) is 0 Å². The van der Waals surface area contributed by atoms with Crippen LogP contribution in [-0.4, -0.2) is 29.8 Å². The van der Waals surface area contributed by atoms with Crippen molar-refractivity contribution in [3.63, 3.8) is 0 Å². The summed E-state index contributed by atoms with van der Waals surface area (Å²) < 4.78 is 0. The van der Waals surface area contributed by atoms with Gasteiger partial charge in [-0.15, -0.1) is 11.3 Å². The number of aryl methyl sites for hydroxylation is 1. The number of nitrogens with zero attached hydrogens (tertiary/aromatic N) is 1. The highest BCUT2D eigenvalue weighted by atomic mass is 32.1. The van der Waals surface area contributed by atoms with E-state index in [9.17, 15) is 9.59 Å². The van der Waals surface area contributed by atoms with Crippen LogP contribution >= 0.6 is 11.3 Å². The van der Waals surface area contributed by atoms with Gasteiger partial charge in [0.15, 0.2) is 0 Å². The van der Waals surface area contributed by atoms with Crippen LogP contribution in [0.25, 0.3) is 0 Å². The number of benzene rings is 1. The second-order valence-corrected chi connectivity index (χ2v) is 7.99. The van der Waals surface area contributed by atoms with Crippen molar-refractivity contribution in [2.75, 3.05) is 18.4 Å². The first-order valence-corrected chi connectivity index (χ1v) is 9.79. The van der Waals surface area contributed by atoms with Crippen molar-refractivity contribution >= 4 is 28.8 Å². The summed E-state index contributed by atoms with van der Waals surface area (Å²) in [6.45, 7) is 1.76. The summed E-state index contributed by atoms with van der Waals surface area (Å²) in [6, 6.07) is 11.6. The van der Waals surface area contributed by atoms with Gasteiger partial charge in [-0.2, -0.15) is 0 Å². The molecule has 2 heterocycles. The van der Waals surface area contributed by atoms with Crippen LogP contribution in [-0.2, 0) is 17.6 Å². The molecule has 1 aromatic carbocycles. The number of hydrogen-bond donors (Lipinski definition) is 1. The van der Waals surface area contributed by atoms with E-state index in [0.717, 1.165) is 55.8 Å². The molecule has 1 aromatic heterocycles. The average Bonchev–Trinajstić information content (AvgIpc) is 3.31. The molecular formula is C20H22N2O2S. The standard InChI is InChI=1S/C20H22N2O2S/c23-19(21-16-6-2-1-3-7-16)14-8-9-17-15(12-14)13-18(25-17)20(24)22-10-4-5-11-22/h1-3,6-7,13-14H,4-5,8-12H2,(H,21,23)/t14-/m0/s1. The normalized spacial score (nSPS) is 19.5. The molecule has 1 aliphatic heterocycles. The summed E-state index contributed by atoms with van der Waals surface area (Å²) in [4.78, 5) is 29.2. The first-order chi connectivity index (χ1) is 12.2. The van der Waals surface area contributed by atoms with Crippen molar-refractivity contribution in [2.24, 2.45) is 5.92 Å². The average molecular weight is 354 g/mol. The molecule has 1 atom stereocenters. The Labute approximate surface area is 151 Å². The van der Waals surface area contributed by atoms with Crippen LogP contribution in [0.1, 0.15) is 39.4 Å². The number of thiophene rings is 1. The molecule has 5 heteroatoms. The van der Waals surface area contributed by atoms with E-state index in [-0.39, 0.29) is 17.7 Å². The van der Waals surface area contributed by atoms with Gasteiger partial charge >= 0.3 is 0 Å². The quantitative estimate of drug-likeness (QED) is 0.913. The minimum atomic E-state index is -0.0166. The highest BCUT2D eigenvalue weighted by Crippen LogP contribution is 2.34. The summed E-state index contributed by atoms with van der Waals surface area (Å²) in [7, 11) is 0. The Hall–Kier alpha value is -2.14. The topological polar surface area (TPSA) is 49.4 Å². The van der Waals surface area contributed by atoms with Gasteiger partial charge in [-0.3, -0.25) is 9.59 Å². The summed E-state index contributed by atoms with van der Waals surface area (Å²) in [5, 5.41) is 3.01. The number of carbonyl (C=O) groups is 2. The summed E-state index contributed by atoms with van der Waals surface area (Å²) in [5.41, 5.74) is 2.03. The minimum Gasteiger partial charge on any atom is -0.338 e. The molecule has 130 valence electrons.